The number of fused-ring (bicyclic) bond motifs is 1. The summed E-state index contributed by atoms with van der Waals surface area (Å²) in [4.78, 5) is 5.09. The third kappa shape index (κ3) is 4.09. The lowest BCUT2D eigenvalue weighted by Crippen LogP contribution is -2.11. The molecule has 0 aliphatic carbocycles. The second kappa shape index (κ2) is 8.04. The van der Waals surface area contributed by atoms with E-state index in [0.29, 0.717) is 5.92 Å². The van der Waals surface area contributed by atoms with Crippen LogP contribution in [0.2, 0.25) is 5.02 Å². The first-order valence-electron chi connectivity index (χ1n) is 10.2. The van der Waals surface area contributed by atoms with Gasteiger partial charge in [-0.05, 0) is 79.3 Å². The maximum atomic E-state index is 6.09. The number of nitrogens with zero attached hydrogens (tertiary/aromatic N) is 2. The molecule has 0 saturated heterocycles. The van der Waals surface area contributed by atoms with E-state index in [2.05, 4.69) is 80.8 Å². The summed E-state index contributed by atoms with van der Waals surface area (Å²) in [6, 6.07) is 21.3. The third-order valence-electron chi connectivity index (χ3n) is 5.88. The van der Waals surface area contributed by atoms with Gasteiger partial charge in [-0.25, -0.2) is 4.98 Å². The van der Waals surface area contributed by atoms with Crippen molar-refractivity contribution < 1.29 is 0 Å². The van der Waals surface area contributed by atoms with E-state index in [-0.39, 0.29) is 0 Å². The molecule has 0 aliphatic heterocycles. The van der Waals surface area contributed by atoms with Crippen LogP contribution in [0.5, 0.6) is 0 Å². The van der Waals surface area contributed by atoms with Gasteiger partial charge in [0, 0.05) is 17.5 Å². The van der Waals surface area contributed by atoms with Crippen LogP contribution in [-0.4, -0.2) is 9.55 Å². The number of imidazole rings is 1. The van der Waals surface area contributed by atoms with Gasteiger partial charge < -0.3 is 4.57 Å². The topological polar surface area (TPSA) is 17.8 Å². The first kappa shape index (κ1) is 19.7. The van der Waals surface area contributed by atoms with Gasteiger partial charge in [0.2, 0.25) is 0 Å². The highest BCUT2D eigenvalue weighted by molar-refractivity contribution is 6.30. The van der Waals surface area contributed by atoms with Gasteiger partial charge in [-0.1, -0.05) is 54.9 Å². The van der Waals surface area contributed by atoms with Crippen molar-refractivity contribution in [1.82, 2.24) is 9.55 Å². The van der Waals surface area contributed by atoms with E-state index < -0.39 is 0 Å². The van der Waals surface area contributed by atoms with Crippen LogP contribution in [0.1, 0.15) is 46.5 Å². The van der Waals surface area contributed by atoms with Gasteiger partial charge in [0.1, 0.15) is 5.82 Å². The predicted octanol–water partition coefficient (Wildman–Crippen LogP) is 7.01. The van der Waals surface area contributed by atoms with E-state index in [1.54, 1.807) is 0 Å². The van der Waals surface area contributed by atoms with Crippen molar-refractivity contribution in [2.75, 3.05) is 0 Å². The number of hydrogen-bond acceptors (Lipinski definition) is 1. The van der Waals surface area contributed by atoms with Crippen LogP contribution in [-0.2, 0) is 13.0 Å². The Balaban J connectivity index is 1.79. The summed E-state index contributed by atoms with van der Waals surface area (Å²) >= 11 is 6.09. The van der Waals surface area contributed by atoms with Gasteiger partial charge in [-0.2, -0.15) is 0 Å². The molecule has 29 heavy (non-hydrogen) atoms. The highest BCUT2D eigenvalue weighted by Crippen LogP contribution is 2.28. The van der Waals surface area contributed by atoms with Crippen LogP contribution < -0.4 is 0 Å². The van der Waals surface area contributed by atoms with Gasteiger partial charge >= 0.3 is 0 Å². The molecule has 0 N–H and O–H groups in total. The molecule has 0 amide bonds. The van der Waals surface area contributed by atoms with Crippen molar-refractivity contribution in [3.8, 4) is 0 Å². The molecule has 0 spiro atoms. The molecule has 0 bridgehead atoms. The smallest absolute Gasteiger partial charge is 0.113 e. The van der Waals surface area contributed by atoms with Gasteiger partial charge in [-0.15, -0.1) is 0 Å². The normalized spacial score (nSPS) is 12.4. The minimum absolute atomic E-state index is 0.316. The third-order valence-corrected chi connectivity index (χ3v) is 6.13. The van der Waals surface area contributed by atoms with Crippen molar-refractivity contribution >= 4 is 22.6 Å². The Morgan fingerprint density at radius 1 is 0.897 bits per heavy atom. The Morgan fingerprint density at radius 2 is 1.59 bits per heavy atom. The van der Waals surface area contributed by atoms with Crippen molar-refractivity contribution in [1.29, 1.82) is 0 Å². The largest absolute Gasteiger partial charge is 0.323 e. The summed E-state index contributed by atoms with van der Waals surface area (Å²) in [6.07, 6.45) is 0.981. The molecule has 3 aromatic carbocycles. The van der Waals surface area contributed by atoms with E-state index in [1.165, 1.54) is 33.3 Å². The molecule has 0 fully saturated rings. The van der Waals surface area contributed by atoms with Gasteiger partial charge in [0.25, 0.3) is 0 Å². The zero-order chi connectivity index (χ0) is 20.5. The summed E-state index contributed by atoms with van der Waals surface area (Å²) in [5.41, 5.74) is 8.82. The fourth-order valence-corrected chi connectivity index (χ4v) is 4.10. The van der Waals surface area contributed by atoms with Gasteiger partial charge in [0.05, 0.1) is 11.0 Å². The predicted molar refractivity (Wildman–Crippen MR) is 123 cm³/mol. The zero-order valence-corrected chi connectivity index (χ0v) is 18.3. The van der Waals surface area contributed by atoms with E-state index in [9.17, 15) is 0 Å². The highest BCUT2D eigenvalue weighted by Gasteiger charge is 2.19. The van der Waals surface area contributed by atoms with Gasteiger partial charge in [-0.3, -0.25) is 0 Å². The molecule has 4 aromatic rings. The minimum atomic E-state index is 0.316. The molecule has 1 unspecified atom stereocenters. The van der Waals surface area contributed by atoms with E-state index >= 15 is 0 Å². The number of benzene rings is 3. The van der Waals surface area contributed by atoms with Crippen LogP contribution in [0.25, 0.3) is 11.0 Å². The van der Waals surface area contributed by atoms with Crippen molar-refractivity contribution in [2.45, 2.75) is 46.6 Å². The van der Waals surface area contributed by atoms with Crippen LogP contribution in [0.15, 0.2) is 60.7 Å². The first-order chi connectivity index (χ1) is 13.9. The molecule has 4 rings (SSSR count). The fraction of sp³-hybridized carbons (Fsp3) is 0.269. The molecule has 1 heterocycles. The monoisotopic (exact) mass is 402 g/mol. The van der Waals surface area contributed by atoms with Crippen LogP contribution in [0.3, 0.4) is 0 Å². The Hall–Kier alpha value is -2.58. The number of rotatable bonds is 5. The average Bonchev–Trinajstić information content (AvgIpc) is 3.03. The van der Waals surface area contributed by atoms with Gasteiger partial charge in [0.15, 0.2) is 0 Å². The molecule has 1 atom stereocenters. The SMILES string of the molecule is Cc1cc2nc(C(C)Cc3ccccc3C)n(Cc3ccc(Cl)cc3)c2cc1C. The van der Waals surface area contributed by atoms with E-state index in [0.717, 1.165) is 29.3 Å². The van der Waals surface area contributed by atoms with E-state index in [4.69, 9.17) is 16.6 Å². The van der Waals surface area contributed by atoms with Crippen molar-refractivity contribution in [3.05, 3.63) is 99.3 Å². The lowest BCUT2D eigenvalue weighted by Gasteiger charge is -2.16. The van der Waals surface area contributed by atoms with Crippen molar-refractivity contribution in [3.63, 3.8) is 0 Å². The number of hydrogen-bond donors (Lipinski definition) is 0. The summed E-state index contributed by atoms with van der Waals surface area (Å²) in [5.74, 6) is 1.46. The Labute approximate surface area is 178 Å². The molecule has 148 valence electrons. The summed E-state index contributed by atoms with van der Waals surface area (Å²) in [6.45, 7) is 9.59. The van der Waals surface area contributed by atoms with Crippen LogP contribution in [0, 0.1) is 20.8 Å². The maximum Gasteiger partial charge on any atom is 0.113 e. The fourth-order valence-electron chi connectivity index (χ4n) is 3.97. The highest BCUT2D eigenvalue weighted by atomic mass is 35.5. The summed E-state index contributed by atoms with van der Waals surface area (Å²) < 4.78 is 2.38. The molecule has 2 nitrogen and oxygen atoms in total. The molecule has 0 aliphatic rings. The lowest BCUT2D eigenvalue weighted by atomic mass is 9.97. The van der Waals surface area contributed by atoms with Crippen LogP contribution >= 0.6 is 11.6 Å². The maximum absolute atomic E-state index is 6.09. The Morgan fingerprint density at radius 3 is 2.31 bits per heavy atom. The second-order valence-corrected chi connectivity index (χ2v) is 8.58. The number of halogens is 1. The molecular formula is C26H27ClN2. The standard InChI is InChI=1S/C26H27ClN2/c1-17-7-5-6-8-22(17)13-20(4)26-28-24-14-18(2)19(3)15-25(24)29(26)16-21-9-11-23(27)12-10-21/h5-12,14-15,20H,13,16H2,1-4H3. The average molecular weight is 403 g/mol. The lowest BCUT2D eigenvalue weighted by molar-refractivity contribution is 0.639. The second-order valence-electron chi connectivity index (χ2n) is 8.14. The molecule has 0 saturated carbocycles. The minimum Gasteiger partial charge on any atom is -0.323 e. The summed E-state index contributed by atoms with van der Waals surface area (Å²) in [5, 5.41) is 0.767. The van der Waals surface area contributed by atoms with E-state index in [1.807, 2.05) is 12.1 Å². The Kier molecular flexibility index (Phi) is 5.47. The molecule has 0 radical (unpaired) electrons. The van der Waals surface area contributed by atoms with Crippen molar-refractivity contribution in [2.24, 2.45) is 0 Å². The molecular weight excluding hydrogens is 376 g/mol. The number of aryl methyl sites for hydroxylation is 3. The molecule has 3 heteroatoms. The number of aromatic nitrogens is 2. The first-order valence-corrected chi connectivity index (χ1v) is 10.6. The zero-order valence-electron chi connectivity index (χ0n) is 17.5. The Bertz CT molecular complexity index is 1160. The molecule has 1 aromatic heterocycles. The summed E-state index contributed by atoms with van der Waals surface area (Å²) in [7, 11) is 0. The van der Waals surface area contributed by atoms with Crippen LogP contribution in [0.4, 0.5) is 0 Å². The quantitative estimate of drug-likeness (QED) is 0.351.